The molecule has 0 saturated carbocycles. The van der Waals surface area contributed by atoms with Crippen LogP contribution in [0, 0.1) is 0 Å². The Morgan fingerprint density at radius 2 is 0.556 bits per heavy atom. The fraction of sp³-hybridized carbons (Fsp3) is 0. The highest BCUT2D eigenvalue weighted by Gasteiger charge is 2.17. The molecule has 12 aromatic rings. The highest BCUT2D eigenvalue weighted by molar-refractivity contribution is 6.27. The molecule has 2 heterocycles. The van der Waals surface area contributed by atoms with Crippen LogP contribution in [0.1, 0.15) is 0 Å². The zero-order valence-corrected chi connectivity index (χ0v) is 29.4. The third kappa shape index (κ3) is 4.11. The summed E-state index contributed by atoms with van der Waals surface area (Å²) >= 11 is 0. The average molecular weight is 685 g/mol. The standard InChI is InChI=1S/C52H32N2/c1-5-13-47-41(9-1)42-10-2-6-14-48(42)53(47)37-25-19-33(20-26-37)39-29-23-35-17-18-36-24-30-40(46-32-31-45(39)51(35)52(36)46)34-21-27-38(28-22-34)54-49-15-7-3-11-43(49)44-12-4-8-16-50(44)54/h1-32H. The number of nitrogens with zero attached hydrogens (tertiary/aromatic N) is 2. The third-order valence-corrected chi connectivity index (χ3v) is 11.7. The molecule has 2 heteroatoms. The van der Waals surface area contributed by atoms with Gasteiger partial charge in [-0.1, -0.05) is 146 Å². The van der Waals surface area contributed by atoms with E-state index in [0.29, 0.717) is 0 Å². The Morgan fingerprint density at radius 3 is 0.907 bits per heavy atom. The molecule has 0 radical (unpaired) electrons. The molecule has 0 aliphatic carbocycles. The van der Waals surface area contributed by atoms with Crippen molar-refractivity contribution in [3.8, 4) is 33.6 Å². The molecule has 0 atom stereocenters. The van der Waals surface area contributed by atoms with Gasteiger partial charge in [0.15, 0.2) is 0 Å². The molecular weight excluding hydrogens is 653 g/mol. The van der Waals surface area contributed by atoms with Gasteiger partial charge in [0, 0.05) is 32.9 Å². The molecule has 0 N–H and O–H groups in total. The molecule has 2 nitrogen and oxygen atoms in total. The molecule has 12 rings (SSSR count). The predicted octanol–water partition coefficient (Wildman–Crippen LogP) is 14.1. The summed E-state index contributed by atoms with van der Waals surface area (Å²) < 4.78 is 4.77. The number of rotatable bonds is 4. The minimum Gasteiger partial charge on any atom is -0.309 e. The van der Waals surface area contributed by atoms with Crippen LogP contribution in [0.3, 0.4) is 0 Å². The highest BCUT2D eigenvalue weighted by atomic mass is 15.0. The van der Waals surface area contributed by atoms with E-state index in [0.717, 1.165) is 0 Å². The lowest BCUT2D eigenvalue weighted by atomic mass is 9.87. The molecule has 2 aromatic heterocycles. The predicted molar refractivity (Wildman–Crippen MR) is 230 cm³/mol. The first-order valence-corrected chi connectivity index (χ1v) is 18.7. The summed E-state index contributed by atoms with van der Waals surface area (Å²) in [6.45, 7) is 0. The molecular formula is C52H32N2. The summed E-state index contributed by atoms with van der Waals surface area (Å²) in [5, 5.41) is 12.9. The molecule has 0 unspecified atom stereocenters. The van der Waals surface area contributed by atoms with E-state index >= 15 is 0 Å². The van der Waals surface area contributed by atoms with Gasteiger partial charge in [0.25, 0.3) is 0 Å². The fourth-order valence-electron chi connectivity index (χ4n) is 9.29. The van der Waals surface area contributed by atoms with Gasteiger partial charge in [-0.15, -0.1) is 0 Å². The molecule has 0 aliphatic rings. The van der Waals surface area contributed by atoms with Crippen LogP contribution in [0.2, 0.25) is 0 Å². The number of aromatic nitrogens is 2. The van der Waals surface area contributed by atoms with E-state index in [1.54, 1.807) is 0 Å². The van der Waals surface area contributed by atoms with Crippen LogP contribution >= 0.6 is 0 Å². The lowest BCUT2D eigenvalue weighted by Crippen LogP contribution is -1.94. The molecule has 10 aromatic carbocycles. The number of hydrogen-bond donors (Lipinski definition) is 0. The summed E-state index contributed by atoms with van der Waals surface area (Å²) in [6, 6.07) is 71.5. The molecule has 250 valence electrons. The van der Waals surface area contributed by atoms with Crippen LogP contribution in [0.5, 0.6) is 0 Å². The molecule has 0 bridgehead atoms. The lowest BCUT2D eigenvalue weighted by Gasteiger charge is -2.17. The number of para-hydroxylation sites is 4. The Hall–Kier alpha value is -7.16. The Labute approximate surface area is 311 Å². The van der Waals surface area contributed by atoms with Crippen molar-refractivity contribution in [1.29, 1.82) is 0 Å². The Bertz CT molecular complexity index is 3080. The number of hydrogen-bond acceptors (Lipinski definition) is 0. The van der Waals surface area contributed by atoms with Crippen molar-refractivity contribution in [1.82, 2.24) is 9.13 Å². The SMILES string of the molecule is c1ccc2c(c1)c1ccccc1n2-c1ccc(-c2ccc3ccc4ccc(-c5ccc(-n6c7ccccc7c7ccccc76)cc5)c5ccc2c3c45)cc1. The van der Waals surface area contributed by atoms with Crippen molar-refractivity contribution in [3.05, 3.63) is 194 Å². The van der Waals surface area contributed by atoms with Gasteiger partial charge in [-0.3, -0.25) is 0 Å². The van der Waals surface area contributed by atoms with E-state index < -0.39 is 0 Å². The number of fused-ring (bicyclic) bond motifs is 6. The van der Waals surface area contributed by atoms with Gasteiger partial charge in [0.05, 0.1) is 22.1 Å². The zero-order chi connectivity index (χ0) is 35.3. The quantitative estimate of drug-likeness (QED) is 0.163. The summed E-state index contributed by atoms with van der Waals surface area (Å²) in [4.78, 5) is 0. The van der Waals surface area contributed by atoms with Crippen molar-refractivity contribution in [2.75, 3.05) is 0 Å². The summed E-state index contributed by atoms with van der Waals surface area (Å²) in [5.41, 5.74) is 12.2. The Kier molecular flexibility index (Phi) is 6.09. The van der Waals surface area contributed by atoms with E-state index in [4.69, 9.17) is 0 Å². The van der Waals surface area contributed by atoms with Crippen molar-refractivity contribution >= 4 is 75.9 Å². The molecule has 0 amide bonds. The van der Waals surface area contributed by atoms with Gasteiger partial charge < -0.3 is 9.13 Å². The monoisotopic (exact) mass is 684 g/mol. The maximum atomic E-state index is 2.38. The minimum atomic E-state index is 1.17. The highest BCUT2D eigenvalue weighted by Crippen LogP contribution is 2.43. The zero-order valence-electron chi connectivity index (χ0n) is 29.4. The van der Waals surface area contributed by atoms with Crippen molar-refractivity contribution < 1.29 is 0 Å². The fourth-order valence-corrected chi connectivity index (χ4v) is 9.29. The second kappa shape index (κ2) is 11.2. The van der Waals surface area contributed by atoms with Gasteiger partial charge in [-0.05, 0) is 103 Å². The first-order valence-electron chi connectivity index (χ1n) is 18.7. The molecule has 0 fully saturated rings. The normalized spacial score (nSPS) is 12.1. The molecule has 0 aliphatic heterocycles. The molecule has 0 spiro atoms. The Balaban J connectivity index is 0.975. The largest absolute Gasteiger partial charge is 0.309 e. The van der Waals surface area contributed by atoms with Crippen molar-refractivity contribution in [2.45, 2.75) is 0 Å². The van der Waals surface area contributed by atoms with Crippen molar-refractivity contribution in [3.63, 3.8) is 0 Å². The maximum Gasteiger partial charge on any atom is 0.0541 e. The van der Waals surface area contributed by atoms with Gasteiger partial charge in [0.2, 0.25) is 0 Å². The van der Waals surface area contributed by atoms with Crippen LogP contribution in [-0.2, 0) is 0 Å². The second-order valence-corrected chi connectivity index (χ2v) is 14.5. The first-order chi connectivity index (χ1) is 26.8. The Morgan fingerprint density at radius 1 is 0.241 bits per heavy atom. The van der Waals surface area contributed by atoms with E-state index in [9.17, 15) is 0 Å². The van der Waals surface area contributed by atoms with E-state index in [1.165, 1.54) is 110 Å². The smallest absolute Gasteiger partial charge is 0.0541 e. The van der Waals surface area contributed by atoms with E-state index in [1.807, 2.05) is 0 Å². The maximum absolute atomic E-state index is 2.38. The number of benzene rings is 10. The molecule has 54 heavy (non-hydrogen) atoms. The summed E-state index contributed by atoms with van der Waals surface area (Å²) in [7, 11) is 0. The van der Waals surface area contributed by atoms with Crippen molar-refractivity contribution in [2.24, 2.45) is 0 Å². The van der Waals surface area contributed by atoms with Gasteiger partial charge >= 0.3 is 0 Å². The van der Waals surface area contributed by atoms with Crippen LogP contribution in [0.4, 0.5) is 0 Å². The average Bonchev–Trinajstić information content (AvgIpc) is 3.76. The second-order valence-electron chi connectivity index (χ2n) is 14.5. The topological polar surface area (TPSA) is 9.86 Å². The van der Waals surface area contributed by atoms with E-state index in [-0.39, 0.29) is 0 Å². The van der Waals surface area contributed by atoms with Crippen LogP contribution < -0.4 is 0 Å². The summed E-state index contributed by atoms with van der Waals surface area (Å²) in [6.07, 6.45) is 0. The van der Waals surface area contributed by atoms with Gasteiger partial charge in [0.1, 0.15) is 0 Å². The van der Waals surface area contributed by atoms with Gasteiger partial charge in [-0.25, -0.2) is 0 Å². The molecule has 0 saturated heterocycles. The minimum absolute atomic E-state index is 1.17. The first kappa shape index (κ1) is 29.4. The van der Waals surface area contributed by atoms with Crippen LogP contribution in [0.25, 0.3) is 110 Å². The van der Waals surface area contributed by atoms with Crippen LogP contribution in [0.15, 0.2) is 194 Å². The third-order valence-electron chi connectivity index (χ3n) is 11.7. The summed E-state index contributed by atoms with van der Waals surface area (Å²) in [5.74, 6) is 0. The lowest BCUT2D eigenvalue weighted by molar-refractivity contribution is 1.18. The van der Waals surface area contributed by atoms with Gasteiger partial charge in [-0.2, -0.15) is 0 Å². The van der Waals surface area contributed by atoms with E-state index in [2.05, 4.69) is 203 Å². The van der Waals surface area contributed by atoms with Crippen LogP contribution in [-0.4, -0.2) is 9.13 Å².